The topological polar surface area (TPSA) is 86.0 Å². The summed E-state index contributed by atoms with van der Waals surface area (Å²) in [4.78, 5) is 15.2. The molecule has 17 heavy (non-hydrogen) atoms. The Hall–Kier alpha value is -2.09. The number of aliphatic carboxylic acids is 1. The molecular formula is C12H15N3O2. The van der Waals surface area contributed by atoms with Gasteiger partial charge in [-0.2, -0.15) is 5.26 Å². The molecule has 5 nitrogen and oxygen atoms in total. The Balaban J connectivity index is 2.87. The monoisotopic (exact) mass is 233 g/mol. The van der Waals surface area contributed by atoms with Crippen LogP contribution in [0.5, 0.6) is 0 Å². The Bertz CT molecular complexity index is 436. The lowest BCUT2D eigenvalue weighted by Crippen LogP contribution is -2.43. The summed E-state index contributed by atoms with van der Waals surface area (Å²) in [5.74, 6) is -0.451. The lowest BCUT2D eigenvalue weighted by Gasteiger charge is -2.26. The van der Waals surface area contributed by atoms with Gasteiger partial charge in [0.1, 0.15) is 17.4 Å². The fourth-order valence-corrected chi connectivity index (χ4v) is 1.54. The van der Waals surface area contributed by atoms with Gasteiger partial charge in [-0.3, -0.25) is 0 Å². The van der Waals surface area contributed by atoms with Crippen LogP contribution in [0.15, 0.2) is 18.3 Å². The van der Waals surface area contributed by atoms with Crippen LogP contribution in [0.2, 0.25) is 0 Å². The molecule has 5 heteroatoms. The number of nitrogens with one attached hydrogen (secondary N) is 1. The van der Waals surface area contributed by atoms with Crippen LogP contribution in [0, 0.1) is 11.3 Å². The van der Waals surface area contributed by atoms with Crippen molar-refractivity contribution in [3.8, 4) is 6.07 Å². The van der Waals surface area contributed by atoms with Crippen molar-refractivity contribution < 1.29 is 9.90 Å². The number of carboxylic acid groups (broad SMARTS) is 1. The van der Waals surface area contributed by atoms with E-state index in [1.165, 1.54) is 6.20 Å². The van der Waals surface area contributed by atoms with Gasteiger partial charge in [-0.1, -0.05) is 13.3 Å². The van der Waals surface area contributed by atoms with Crippen molar-refractivity contribution in [3.63, 3.8) is 0 Å². The normalized spacial score (nSPS) is 13.5. The van der Waals surface area contributed by atoms with Crippen LogP contribution in [0.3, 0.4) is 0 Å². The Morgan fingerprint density at radius 1 is 1.65 bits per heavy atom. The number of hydrogen-bond acceptors (Lipinski definition) is 4. The molecule has 0 aliphatic carbocycles. The first kappa shape index (κ1) is 13.0. The van der Waals surface area contributed by atoms with Crippen molar-refractivity contribution in [2.24, 2.45) is 0 Å². The van der Waals surface area contributed by atoms with Crippen LogP contribution in [0.25, 0.3) is 0 Å². The third-order valence-corrected chi connectivity index (χ3v) is 2.52. The highest BCUT2D eigenvalue weighted by Gasteiger charge is 2.32. The van der Waals surface area contributed by atoms with Gasteiger partial charge in [0.15, 0.2) is 0 Å². The van der Waals surface area contributed by atoms with Crippen molar-refractivity contribution in [2.45, 2.75) is 32.2 Å². The molecule has 90 valence electrons. The summed E-state index contributed by atoms with van der Waals surface area (Å²) in [5.41, 5.74) is -0.585. The second-order valence-corrected chi connectivity index (χ2v) is 4.06. The zero-order chi connectivity index (χ0) is 12.9. The van der Waals surface area contributed by atoms with Gasteiger partial charge in [0.05, 0.1) is 5.56 Å². The minimum atomic E-state index is -1.03. The smallest absolute Gasteiger partial charge is 0.329 e. The highest BCUT2D eigenvalue weighted by Crippen LogP contribution is 2.19. The molecular weight excluding hydrogens is 218 g/mol. The molecule has 0 bridgehead atoms. The van der Waals surface area contributed by atoms with Crippen molar-refractivity contribution in [1.29, 1.82) is 5.26 Å². The molecule has 2 N–H and O–H groups in total. The van der Waals surface area contributed by atoms with E-state index in [0.29, 0.717) is 17.8 Å². The number of nitriles is 1. The van der Waals surface area contributed by atoms with E-state index in [4.69, 9.17) is 5.26 Å². The summed E-state index contributed by atoms with van der Waals surface area (Å²) in [6.07, 6.45) is 2.67. The largest absolute Gasteiger partial charge is 0.480 e. The van der Waals surface area contributed by atoms with Gasteiger partial charge in [-0.05, 0) is 25.5 Å². The lowest BCUT2D eigenvalue weighted by molar-refractivity contribution is -0.142. The number of rotatable bonds is 5. The van der Waals surface area contributed by atoms with Crippen LogP contribution in [-0.2, 0) is 4.79 Å². The Morgan fingerprint density at radius 2 is 2.35 bits per heavy atom. The zero-order valence-corrected chi connectivity index (χ0v) is 9.90. The number of nitrogens with zero attached hydrogens (tertiary/aromatic N) is 2. The summed E-state index contributed by atoms with van der Waals surface area (Å²) in [6.45, 7) is 3.55. The van der Waals surface area contributed by atoms with E-state index in [0.717, 1.165) is 6.42 Å². The fraction of sp³-hybridized carbons (Fsp3) is 0.417. The van der Waals surface area contributed by atoms with Crippen LogP contribution in [-0.4, -0.2) is 21.6 Å². The second-order valence-electron chi connectivity index (χ2n) is 4.06. The summed E-state index contributed by atoms with van der Waals surface area (Å²) in [6, 6.07) is 5.17. The first-order valence-electron chi connectivity index (χ1n) is 5.39. The van der Waals surface area contributed by atoms with Gasteiger partial charge in [-0.25, -0.2) is 9.78 Å². The Morgan fingerprint density at radius 3 is 2.76 bits per heavy atom. The van der Waals surface area contributed by atoms with Crippen molar-refractivity contribution in [1.82, 2.24) is 4.98 Å². The number of carboxylic acids is 1. The molecule has 0 aromatic carbocycles. The molecule has 0 spiro atoms. The molecule has 1 rings (SSSR count). The molecule has 0 amide bonds. The molecule has 0 saturated carbocycles. The standard InChI is InChI=1S/C12H15N3O2/c1-3-6-12(2,11(16)17)15-10-5-4-9(7-13)8-14-10/h4-5,8H,3,6H2,1-2H3,(H,14,15)(H,16,17). The molecule has 0 radical (unpaired) electrons. The number of pyridine rings is 1. The summed E-state index contributed by atoms with van der Waals surface area (Å²) >= 11 is 0. The zero-order valence-electron chi connectivity index (χ0n) is 9.90. The molecule has 1 unspecified atom stereocenters. The molecule has 1 aromatic heterocycles. The number of hydrogen-bond donors (Lipinski definition) is 2. The van der Waals surface area contributed by atoms with Gasteiger partial charge < -0.3 is 10.4 Å². The highest BCUT2D eigenvalue weighted by atomic mass is 16.4. The predicted molar refractivity (Wildman–Crippen MR) is 63.5 cm³/mol. The Kier molecular flexibility index (Phi) is 4.05. The minimum Gasteiger partial charge on any atom is -0.480 e. The molecule has 1 aromatic rings. The lowest BCUT2D eigenvalue weighted by atomic mass is 9.96. The quantitative estimate of drug-likeness (QED) is 0.812. The van der Waals surface area contributed by atoms with Gasteiger partial charge in [0.2, 0.25) is 0 Å². The third-order valence-electron chi connectivity index (χ3n) is 2.52. The van der Waals surface area contributed by atoms with E-state index < -0.39 is 11.5 Å². The number of aromatic nitrogens is 1. The maximum atomic E-state index is 11.2. The second kappa shape index (κ2) is 5.30. The van der Waals surface area contributed by atoms with Crippen molar-refractivity contribution in [2.75, 3.05) is 5.32 Å². The molecule has 1 heterocycles. The van der Waals surface area contributed by atoms with Crippen molar-refractivity contribution in [3.05, 3.63) is 23.9 Å². The molecule has 0 fully saturated rings. The maximum Gasteiger partial charge on any atom is 0.329 e. The van der Waals surface area contributed by atoms with E-state index >= 15 is 0 Å². The van der Waals surface area contributed by atoms with Gasteiger partial charge >= 0.3 is 5.97 Å². The van der Waals surface area contributed by atoms with Gasteiger partial charge in [0, 0.05) is 6.20 Å². The average Bonchev–Trinajstić information content (AvgIpc) is 2.30. The molecule has 0 aliphatic rings. The van der Waals surface area contributed by atoms with E-state index in [1.807, 2.05) is 13.0 Å². The summed E-state index contributed by atoms with van der Waals surface area (Å²) in [5, 5.41) is 20.7. The van der Waals surface area contributed by atoms with Gasteiger partial charge in [-0.15, -0.1) is 0 Å². The molecule has 0 saturated heterocycles. The van der Waals surface area contributed by atoms with Crippen LogP contribution < -0.4 is 5.32 Å². The third kappa shape index (κ3) is 3.18. The average molecular weight is 233 g/mol. The van der Waals surface area contributed by atoms with Crippen LogP contribution in [0.1, 0.15) is 32.3 Å². The Labute approximate surface area is 100 Å². The van der Waals surface area contributed by atoms with Crippen molar-refractivity contribution >= 4 is 11.8 Å². The van der Waals surface area contributed by atoms with Gasteiger partial charge in [0.25, 0.3) is 0 Å². The number of anilines is 1. The maximum absolute atomic E-state index is 11.2. The van der Waals surface area contributed by atoms with Crippen LogP contribution in [0.4, 0.5) is 5.82 Å². The first-order chi connectivity index (χ1) is 8.01. The van der Waals surface area contributed by atoms with E-state index in [-0.39, 0.29) is 0 Å². The fourth-order valence-electron chi connectivity index (χ4n) is 1.54. The van der Waals surface area contributed by atoms with E-state index in [1.54, 1.807) is 19.1 Å². The minimum absolute atomic E-state index is 0.447. The highest BCUT2D eigenvalue weighted by molar-refractivity contribution is 5.81. The predicted octanol–water partition coefficient (Wildman–Crippen LogP) is 2.01. The summed E-state index contributed by atoms with van der Waals surface area (Å²) < 4.78 is 0. The summed E-state index contributed by atoms with van der Waals surface area (Å²) in [7, 11) is 0. The number of carbonyl (C=O) groups is 1. The van der Waals surface area contributed by atoms with E-state index in [9.17, 15) is 9.90 Å². The molecule has 0 aliphatic heterocycles. The van der Waals surface area contributed by atoms with E-state index in [2.05, 4.69) is 10.3 Å². The molecule has 1 atom stereocenters. The SMILES string of the molecule is CCCC(C)(Nc1ccc(C#N)cn1)C(=O)O. The first-order valence-corrected chi connectivity index (χ1v) is 5.39. The van der Waals surface area contributed by atoms with Crippen LogP contribution >= 0.6 is 0 Å².